The van der Waals surface area contributed by atoms with Crippen molar-refractivity contribution >= 4 is 44.8 Å². The average Bonchev–Trinajstić information content (AvgIpc) is 3.12. The van der Waals surface area contributed by atoms with E-state index in [4.69, 9.17) is 14.2 Å². The van der Waals surface area contributed by atoms with Gasteiger partial charge in [0.1, 0.15) is 19.8 Å². The monoisotopic (exact) mass is 474 g/mol. The van der Waals surface area contributed by atoms with Crippen molar-refractivity contribution < 1.29 is 33.6 Å². The highest BCUT2D eigenvalue weighted by molar-refractivity contribution is 7.16. The van der Waals surface area contributed by atoms with Crippen LogP contribution in [-0.2, 0) is 16.1 Å². The molecular weight excluding hydrogens is 460 g/mol. The third kappa shape index (κ3) is 4.36. The first kappa shape index (κ1) is 21.9. The van der Waals surface area contributed by atoms with Crippen molar-refractivity contribution in [2.75, 3.05) is 20.3 Å². The molecule has 14 heteroatoms. The van der Waals surface area contributed by atoms with Crippen molar-refractivity contribution in [3.63, 3.8) is 0 Å². The van der Waals surface area contributed by atoms with Crippen LogP contribution in [0.2, 0.25) is 0 Å². The van der Waals surface area contributed by atoms with E-state index in [1.54, 1.807) is 12.1 Å². The number of aromatic nitrogens is 1. The second-order valence-corrected chi connectivity index (χ2v) is 7.69. The molecule has 0 saturated carbocycles. The predicted molar refractivity (Wildman–Crippen MR) is 112 cm³/mol. The summed E-state index contributed by atoms with van der Waals surface area (Å²) in [4.78, 5) is 49.4. The molecule has 0 radical (unpaired) electrons. The molecule has 1 aromatic heterocycles. The fraction of sp³-hybridized carbons (Fsp3) is 0.211. The van der Waals surface area contributed by atoms with E-state index >= 15 is 0 Å². The van der Waals surface area contributed by atoms with Crippen LogP contribution in [0.4, 0.5) is 11.4 Å². The highest BCUT2D eigenvalue weighted by Crippen LogP contribution is 2.35. The minimum atomic E-state index is -0.954. The number of nitrogens with zero attached hydrogens (tertiary/aromatic N) is 4. The van der Waals surface area contributed by atoms with Gasteiger partial charge in [-0.3, -0.25) is 29.8 Å². The standard InChI is InChI=1S/C19H14N4O9S/c1-30-17(24)9-21-13-7-14-15(32-3-2-31-14)8-16(13)33-19(21)20-18(25)10-4-11(22(26)27)6-12(5-10)23(28)29/h4-8H,2-3,9H2,1H3. The predicted octanol–water partition coefficient (Wildman–Crippen LogP) is 2.20. The van der Waals surface area contributed by atoms with Gasteiger partial charge in [-0.2, -0.15) is 4.99 Å². The molecule has 0 spiro atoms. The summed E-state index contributed by atoms with van der Waals surface area (Å²) in [5.41, 5.74) is -1.07. The molecule has 33 heavy (non-hydrogen) atoms. The van der Waals surface area contributed by atoms with Crippen molar-refractivity contribution in [3.8, 4) is 11.5 Å². The molecule has 3 aromatic rings. The molecule has 1 amide bonds. The molecule has 0 atom stereocenters. The molecule has 13 nitrogen and oxygen atoms in total. The van der Waals surface area contributed by atoms with Crippen LogP contribution in [0.15, 0.2) is 35.3 Å². The first-order chi connectivity index (χ1) is 15.8. The van der Waals surface area contributed by atoms with E-state index < -0.39 is 33.1 Å². The first-order valence-electron chi connectivity index (χ1n) is 9.29. The van der Waals surface area contributed by atoms with Crippen LogP contribution in [0.1, 0.15) is 10.4 Å². The molecule has 0 aliphatic carbocycles. The maximum absolute atomic E-state index is 12.8. The summed E-state index contributed by atoms with van der Waals surface area (Å²) in [6.45, 7) is 0.436. The molecule has 0 unspecified atom stereocenters. The van der Waals surface area contributed by atoms with Crippen molar-refractivity contribution in [3.05, 3.63) is 60.9 Å². The summed E-state index contributed by atoms with van der Waals surface area (Å²) in [7, 11) is 1.21. The van der Waals surface area contributed by atoms with Crippen molar-refractivity contribution in [1.29, 1.82) is 0 Å². The molecular formula is C19H14N4O9S. The van der Waals surface area contributed by atoms with Gasteiger partial charge in [-0.05, 0) is 0 Å². The Labute approximate surface area is 187 Å². The Morgan fingerprint density at radius 2 is 1.67 bits per heavy atom. The fourth-order valence-corrected chi connectivity index (χ4v) is 4.16. The zero-order valence-corrected chi connectivity index (χ0v) is 17.7. The number of non-ortho nitro benzene ring substituents is 2. The molecule has 4 rings (SSSR count). The lowest BCUT2D eigenvalue weighted by Crippen LogP contribution is -2.22. The Hall–Kier alpha value is -4.33. The molecule has 0 N–H and O–H groups in total. The summed E-state index contributed by atoms with van der Waals surface area (Å²) in [5.74, 6) is -0.613. The van der Waals surface area contributed by atoms with Gasteiger partial charge in [-0.25, -0.2) is 0 Å². The summed E-state index contributed by atoms with van der Waals surface area (Å²) in [6, 6.07) is 5.88. The highest BCUT2D eigenvalue weighted by Gasteiger charge is 2.21. The molecule has 0 fully saturated rings. The SMILES string of the molecule is COC(=O)Cn1c(=NC(=O)c2cc([N+](=O)[O-])cc([N+](=O)[O-])c2)sc2cc3c(cc21)OCCO3. The van der Waals surface area contributed by atoms with Crippen LogP contribution in [0.25, 0.3) is 10.2 Å². The zero-order chi connectivity index (χ0) is 23.7. The quantitative estimate of drug-likeness (QED) is 0.306. The van der Waals surface area contributed by atoms with Crippen LogP contribution < -0.4 is 14.3 Å². The Kier molecular flexibility index (Phi) is 5.74. The number of ether oxygens (including phenoxy) is 3. The minimum absolute atomic E-state index is 0.0805. The number of hydrogen-bond acceptors (Lipinski definition) is 10. The lowest BCUT2D eigenvalue weighted by atomic mass is 10.1. The zero-order valence-electron chi connectivity index (χ0n) is 16.9. The van der Waals surface area contributed by atoms with Gasteiger partial charge < -0.3 is 18.8 Å². The molecule has 2 aromatic carbocycles. The van der Waals surface area contributed by atoms with Gasteiger partial charge in [0, 0.05) is 24.3 Å². The number of nitro benzene ring substituents is 2. The van der Waals surface area contributed by atoms with Crippen LogP contribution in [-0.4, -0.2) is 46.6 Å². The molecule has 2 heterocycles. The van der Waals surface area contributed by atoms with E-state index in [1.165, 1.54) is 11.7 Å². The lowest BCUT2D eigenvalue weighted by Gasteiger charge is -2.18. The second kappa shape index (κ2) is 8.66. The van der Waals surface area contributed by atoms with E-state index in [-0.39, 0.29) is 16.9 Å². The van der Waals surface area contributed by atoms with E-state index in [2.05, 4.69) is 4.99 Å². The number of amides is 1. The largest absolute Gasteiger partial charge is 0.486 e. The number of carbonyl (C=O) groups is 2. The third-order valence-electron chi connectivity index (χ3n) is 4.63. The Morgan fingerprint density at radius 3 is 2.24 bits per heavy atom. The van der Waals surface area contributed by atoms with Gasteiger partial charge in [0.25, 0.3) is 17.3 Å². The fourth-order valence-electron chi connectivity index (χ4n) is 3.12. The van der Waals surface area contributed by atoms with E-state index in [0.717, 1.165) is 29.5 Å². The highest BCUT2D eigenvalue weighted by atomic mass is 32.1. The maximum atomic E-state index is 12.8. The van der Waals surface area contributed by atoms with Crippen LogP contribution in [0.3, 0.4) is 0 Å². The Morgan fingerprint density at radius 1 is 1.06 bits per heavy atom. The number of fused-ring (bicyclic) bond motifs is 2. The number of thiazole rings is 1. The third-order valence-corrected chi connectivity index (χ3v) is 5.67. The summed E-state index contributed by atoms with van der Waals surface area (Å²) in [5, 5.41) is 22.2. The number of nitro groups is 2. The maximum Gasteiger partial charge on any atom is 0.325 e. The molecule has 1 aliphatic rings. The number of esters is 1. The summed E-state index contributed by atoms with van der Waals surface area (Å²) < 4.78 is 17.9. The number of methoxy groups -OCH3 is 1. The Bertz CT molecular complexity index is 1360. The summed E-state index contributed by atoms with van der Waals surface area (Å²) in [6.07, 6.45) is 0. The van der Waals surface area contributed by atoms with Gasteiger partial charge >= 0.3 is 5.97 Å². The second-order valence-electron chi connectivity index (χ2n) is 6.68. The Balaban J connectivity index is 1.87. The number of hydrogen-bond donors (Lipinski definition) is 0. The molecule has 1 aliphatic heterocycles. The van der Waals surface area contributed by atoms with Gasteiger partial charge in [0.05, 0.1) is 38.8 Å². The first-order valence-corrected chi connectivity index (χ1v) is 10.1. The minimum Gasteiger partial charge on any atom is -0.486 e. The van der Waals surface area contributed by atoms with Crippen LogP contribution in [0.5, 0.6) is 11.5 Å². The average molecular weight is 474 g/mol. The molecule has 170 valence electrons. The molecule has 0 bridgehead atoms. The number of rotatable bonds is 5. The van der Waals surface area contributed by atoms with E-state index in [9.17, 15) is 29.8 Å². The number of benzene rings is 2. The van der Waals surface area contributed by atoms with Gasteiger partial charge in [0.2, 0.25) is 0 Å². The van der Waals surface area contributed by atoms with Crippen molar-refractivity contribution in [2.45, 2.75) is 6.54 Å². The van der Waals surface area contributed by atoms with Gasteiger partial charge in [0.15, 0.2) is 16.3 Å². The normalized spacial score (nSPS) is 13.1. The van der Waals surface area contributed by atoms with Gasteiger partial charge in [-0.1, -0.05) is 11.3 Å². The van der Waals surface area contributed by atoms with E-state index in [1.807, 2.05) is 0 Å². The van der Waals surface area contributed by atoms with E-state index in [0.29, 0.717) is 34.9 Å². The topological polar surface area (TPSA) is 165 Å². The summed E-state index contributed by atoms with van der Waals surface area (Å²) >= 11 is 1.06. The van der Waals surface area contributed by atoms with Crippen LogP contribution in [0, 0.1) is 20.2 Å². The van der Waals surface area contributed by atoms with Crippen molar-refractivity contribution in [2.24, 2.45) is 4.99 Å². The molecule has 0 saturated heterocycles. The van der Waals surface area contributed by atoms with Crippen molar-refractivity contribution in [1.82, 2.24) is 4.57 Å². The van der Waals surface area contributed by atoms with Crippen LogP contribution >= 0.6 is 11.3 Å². The van der Waals surface area contributed by atoms with Gasteiger partial charge in [-0.15, -0.1) is 0 Å². The number of carbonyl (C=O) groups excluding carboxylic acids is 2. The smallest absolute Gasteiger partial charge is 0.325 e. The lowest BCUT2D eigenvalue weighted by molar-refractivity contribution is -0.394.